The third-order valence-electron chi connectivity index (χ3n) is 7.06. The fourth-order valence-corrected chi connectivity index (χ4v) is 6.00. The average molecular weight is 380 g/mol. The Labute approximate surface area is 168 Å². The van der Waals surface area contributed by atoms with Gasteiger partial charge in [0.25, 0.3) is 0 Å². The summed E-state index contributed by atoms with van der Waals surface area (Å²) in [5, 5.41) is 14.0. The van der Waals surface area contributed by atoms with Crippen molar-refractivity contribution in [2.45, 2.75) is 0 Å². The highest BCUT2D eigenvalue weighted by Gasteiger charge is 2.24. The maximum absolute atomic E-state index is 13.2. The van der Waals surface area contributed by atoms with E-state index < -0.39 is 0 Å². The predicted octanol–water partition coefficient (Wildman–Crippen LogP) is 6.23. The van der Waals surface area contributed by atoms with E-state index in [9.17, 15) is 9.59 Å². The first-order valence-electron chi connectivity index (χ1n) is 10.1. The van der Waals surface area contributed by atoms with Gasteiger partial charge in [-0.3, -0.25) is 9.59 Å². The van der Waals surface area contributed by atoms with E-state index in [0.29, 0.717) is 0 Å². The van der Waals surface area contributed by atoms with Crippen LogP contribution in [0.3, 0.4) is 0 Å². The zero-order chi connectivity index (χ0) is 19.7. The molecule has 8 aromatic rings. The summed E-state index contributed by atoms with van der Waals surface area (Å²) >= 11 is 0. The molecule has 2 nitrogen and oxygen atoms in total. The van der Waals surface area contributed by atoms with Crippen molar-refractivity contribution in [2.24, 2.45) is 0 Å². The minimum absolute atomic E-state index is 0.105. The molecule has 0 aliphatic heterocycles. The molecule has 0 saturated carbocycles. The molecule has 0 aliphatic rings. The van der Waals surface area contributed by atoms with E-state index in [0.717, 1.165) is 75.4 Å². The molecule has 0 spiro atoms. The average Bonchev–Trinajstić information content (AvgIpc) is 3.26. The van der Waals surface area contributed by atoms with E-state index in [2.05, 4.69) is 24.3 Å². The third kappa shape index (κ3) is 1.37. The fourth-order valence-electron chi connectivity index (χ4n) is 6.00. The summed E-state index contributed by atoms with van der Waals surface area (Å²) < 4.78 is 0. The molecule has 0 atom stereocenters. The van der Waals surface area contributed by atoms with Crippen LogP contribution in [0.4, 0.5) is 0 Å². The number of hydrogen-bond donors (Lipinski definition) is 0. The van der Waals surface area contributed by atoms with Crippen molar-refractivity contribution in [3.63, 3.8) is 0 Å². The molecular formula is C28H12O2. The van der Waals surface area contributed by atoms with E-state index >= 15 is 0 Å². The molecule has 8 rings (SSSR count). The lowest BCUT2D eigenvalue weighted by Gasteiger charge is -2.15. The molecule has 0 bridgehead atoms. The summed E-state index contributed by atoms with van der Waals surface area (Å²) in [5.74, 6) is 0. The van der Waals surface area contributed by atoms with Crippen LogP contribution in [0, 0.1) is 0 Å². The largest absolute Gasteiger partial charge is 0.289 e. The lowest BCUT2D eigenvalue weighted by atomic mass is 9.87. The first kappa shape index (κ1) is 14.9. The lowest BCUT2D eigenvalue weighted by molar-refractivity contribution is 1.82. The number of fused-ring (bicyclic) bond motifs is 5. The quantitative estimate of drug-likeness (QED) is 0.292. The molecule has 136 valence electrons. The molecule has 2 heteroatoms. The molecule has 0 amide bonds. The highest BCUT2D eigenvalue weighted by Crippen LogP contribution is 2.48. The van der Waals surface area contributed by atoms with Gasteiger partial charge < -0.3 is 0 Å². The Morgan fingerprint density at radius 3 is 0.767 bits per heavy atom. The van der Waals surface area contributed by atoms with E-state index in [1.165, 1.54) is 0 Å². The smallest absolute Gasteiger partial charge is 0.194 e. The molecule has 0 unspecified atom stereocenters. The molecule has 0 saturated heterocycles. The SMILES string of the molecule is O=c1c2cccc3c2c2c1cccc2c1c2cccc4c(=O)c5cccc(c5c42)c31. The van der Waals surface area contributed by atoms with Crippen LogP contribution in [0.1, 0.15) is 0 Å². The number of rotatable bonds is 0. The Bertz CT molecular complexity index is 1790. The van der Waals surface area contributed by atoms with Crippen molar-refractivity contribution in [2.75, 3.05) is 0 Å². The molecule has 0 aliphatic carbocycles. The van der Waals surface area contributed by atoms with Gasteiger partial charge in [0.15, 0.2) is 10.9 Å². The fraction of sp³-hybridized carbons (Fsp3) is 0. The Balaban J connectivity index is 1.95. The maximum atomic E-state index is 13.2. The van der Waals surface area contributed by atoms with E-state index in [1.54, 1.807) is 0 Å². The predicted molar refractivity (Wildman–Crippen MR) is 126 cm³/mol. The van der Waals surface area contributed by atoms with Gasteiger partial charge in [-0.2, -0.15) is 0 Å². The number of hydrogen-bond acceptors (Lipinski definition) is 2. The van der Waals surface area contributed by atoms with Crippen LogP contribution in [-0.4, -0.2) is 0 Å². The van der Waals surface area contributed by atoms with Crippen molar-refractivity contribution >= 4 is 75.4 Å². The van der Waals surface area contributed by atoms with Gasteiger partial charge in [-0.1, -0.05) is 72.8 Å². The van der Waals surface area contributed by atoms with E-state index in [1.807, 2.05) is 48.5 Å². The summed E-state index contributed by atoms with van der Waals surface area (Å²) in [4.78, 5) is 26.3. The summed E-state index contributed by atoms with van der Waals surface area (Å²) in [7, 11) is 0. The summed E-state index contributed by atoms with van der Waals surface area (Å²) in [6.07, 6.45) is 0. The third-order valence-corrected chi connectivity index (χ3v) is 7.06. The van der Waals surface area contributed by atoms with Crippen LogP contribution in [0.5, 0.6) is 0 Å². The van der Waals surface area contributed by atoms with Crippen LogP contribution in [0.25, 0.3) is 75.4 Å². The Morgan fingerprint density at radius 2 is 0.500 bits per heavy atom. The molecule has 0 N–H and O–H groups in total. The Hall–Kier alpha value is -4.04. The summed E-state index contributed by atoms with van der Waals surface area (Å²) in [6, 6.07) is 24.1. The van der Waals surface area contributed by atoms with E-state index in [-0.39, 0.29) is 10.9 Å². The molecular weight excluding hydrogens is 368 g/mol. The van der Waals surface area contributed by atoms with Crippen LogP contribution in [-0.2, 0) is 0 Å². The minimum atomic E-state index is 0.105. The topological polar surface area (TPSA) is 34.1 Å². The Kier molecular flexibility index (Phi) is 2.27. The van der Waals surface area contributed by atoms with Gasteiger partial charge >= 0.3 is 0 Å². The standard InChI is InChI=1S/C28H12O2/c29-27-17-9-1-5-13-21-14-6-2-11-19-25(14)26-16(8-4-12-20(26)28(19)30)22(21)15-7-3-10-18(27)24(15)23(13)17/h1-12H. The summed E-state index contributed by atoms with van der Waals surface area (Å²) in [6.45, 7) is 0. The van der Waals surface area contributed by atoms with Gasteiger partial charge in [0, 0.05) is 43.1 Å². The normalized spacial score (nSPS) is 12.9. The molecule has 8 aromatic carbocycles. The van der Waals surface area contributed by atoms with Gasteiger partial charge in [-0.15, -0.1) is 0 Å². The first-order chi connectivity index (χ1) is 14.8. The molecule has 0 aromatic heterocycles. The molecule has 0 fully saturated rings. The van der Waals surface area contributed by atoms with Crippen molar-refractivity contribution < 1.29 is 0 Å². The van der Waals surface area contributed by atoms with Crippen LogP contribution in [0.15, 0.2) is 82.4 Å². The Morgan fingerprint density at radius 1 is 0.300 bits per heavy atom. The second kappa shape index (κ2) is 4.58. The van der Waals surface area contributed by atoms with Crippen molar-refractivity contribution in [1.29, 1.82) is 0 Å². The molecule has 0 radical (unpaired) electrons. The van der Waals surface area contributed by atoms with Crippen molar-refractivity contribution in [1.82, 2.24) is 0 Å². The molecule has 0 heterocycles. The maximum Gasteiger partial charge on any atom is 0.194 e. The monoisotopic (exact) mass is 380 g/mol. The number of benzene rings is 6. The zero-order valence-corrected chi connectivity index (χ0v) is 15.7. The second-order valence-electron chi connectivity index (χ2n) is 8.32. The first-order valence-corrected chi connectivity index (χ1v) is 10.1. The second-order valence-corrected chi connectivity index (χ2v) is 8.32. The van der Waals surface area contributed by atoms with Crippen molar-refractivity contribution in [3.8, 4) is 0 Å². The minimum Gasteiger partial charge on any atom is -0.289 e. The van der Waals surface area contributed by atoms with Gasteiger partial charge in [0.2, 0.25) is 0 Å². The highest BCUT2D eigenvalue weighted by atomic mass is 16.1. The molecule has 30 heavy (non-hydrogen) atoms. The zero-order valence-electron chi connectivity index (χ0n) is 15.7. The van der Waals surface area contributed by atoms with E-state index in [4.69, 9.17) is 0 Å². The van der Waals surface area contributed by atoms with Crippen molar-refractivity contribution in [3.05, 3.63) is 93.2 Å². The highest BCUT2D eigenvalue weighted by molar-refractivity contribution is 6.46. The van der Waals surface area contributed by atoms with Gasteiger partial charge in [-0.05, 0) is 32.3 Å². The van der Waals surface area contributed by atoms with Crippen LogP contribution >= 0.6 is 0 Å². The summed E-state index contributed by atoms with van der Waals surface area (Å²) in [5.41, 5.74) is 0.211. The van der Waals surface area contributed by atoms with Crippen LogP contribution in [0.2, 0.25) is 0 Å². The lowest BCUT2D eigenvalue weighted by Crippen LogP contribution is -1.92. The van der Waals surface area contributed by atoms with Gasteiger partial charge in [0.05, 0.1) is 0 Å². The van der Waals surface area contributed by atoms with Gasteiger partial charge in [0.1, 0.15) is 0 Å². The van der Waals surface area contributed by atoms with Gasteiger partial charge in [-0.25, -0.2) is 0 Å². The van der Waals surface area contributed by atoms with Crippen LogP contribution < -0.4 is 10.9 Å².